The van der Waals surface area contributed by atoms with E-state index in [1.807, 2.05) is 12.1 Å². The van der Waals surface area contributed by atoms with Crippen LogP contribution in [0, 0.1) is 5.82 Å². The van der Waals surface area contributed by atoms with Gasteiger partial charge in [0.2, 0.25) is 0 Å². The summed E-state index contributed by atoms with van der Waals surface area (Å²) in [5, 5.41) is 3.44. The average molecular weight is 269 g/mol. The molecule has 0 aliphatic heterocycles. The van der Waals surface area contributed by atoms with Crippen LogP contribution in [0.1, 0.15) is 16.2 Å². The maximum absolute atomic E-state index is 13.1. The Morgan fingerprint density at radius 2 is 2.15 bits per heavy atom. The number of rotatable bonds is 3. The van der Waals surface area contributed by atoms with Crippen molar-refractivity contribution in [3.63, 3.8) is 0 Å². The van der Waals surface area contributed by atoms with E-state index in [-0.39, 0.29) is 11.7 Å². The number of fused-ring (bicyclic) bond motifs is 1. The number of nitrogens with zero attached hydrogens (tertiary/aromatic N) is 1. The topological polar surface area (TPSA) is 57.8 Å². The molecule has 0 bridgehead atoms. The predicted molar refractivity (Wildman–Crippen MR) is 73.7 cm³/mol. The number of halogens is 1. The van der Waals surface area contributed by atoms with E-state index in [0.29, 0.717) is 23.1 Å². The number of nitrogens with one attached hydrogen (secondary N) is 2. The van der Waals surface area contributed by atoms with Crippen molar-refractivity contribution in [3.8, 4) is 0 Å². The summed E-state index contributed by atoms with van der Waals surface area (Å²) in [7, 11) is 0. The summed E-state index contributed by atoms with van der Waals surface area (Å²) in [4.78, 5) is 19.2. The van der Waals surface area contributed by atoms with Gasteiger partial charge in [-0.3, -0.25) is 4.79 Å². The Morgan fingerprint density at radius 1 is 1.25 bits per heavy atom. The number of benzene rings is 1. The zero-order valence-corrected chi connectivity index (χ0v) is 10.6. The predicted octanol–water partition coefficient (Wildman–Crippen LogP) is 2.63. The van der Waals surface area contributed by atoms with Gasteiger partial charge in [0.15, 0.2) is 0 Å². The average Bonchev–Trinajstić information content (AvgIpc) is 2.97. The van der Waals surface area contributed by atoms with E-state index in [2.05, 4.69) is 15.3 Å². The van der Waals surface area contributed by atoms with Crippen LogP contribution in [0.4, 0.5) is 4.39 Å². The van der Waals surface area contributed by atoms with Crippen LogP contribution in [-0.2, 0) is 6.54 Å². The Morgan fingerprint density at radius 3 is 2.95 bits per heavy atom. The first-order valence-corrected chi connectivity index (χ1v) is 6.19. The van der Waals surface area contributed by atoms with Crippen molar-refractivity contribution in [3.05, 3.63) is 65.9 Å². The van der Waals surface area contributed by atoms with Crippen molar-refractivity contribution in [2.75, 3.05) is 0 Å². The molecule has 0 fully saturated rings. The summed E-state index contributed by atoms with van der Waals surface area (Å²) in [6, 6.07) is 11.3. The summed E-state index contributed by atoms with van der Waals surface area (Å²) in [5.74, 6) is -0.575. The molecule has 2 N–H and O–H groups in total. The molecule has 3 aromatic rings. The van der Waals surface area contributed by atoms with Gasteiger partial charge in [-0.15, -0.1) is 0 Å². The zero-order chi connectivity index (χ0) is 13.9. The van der Waals surface area contributed by atoms with E-state index in [0.717, 1.165) is 5.69 Å². The molecule has 2 aromatic heterocycles. The molecule has 0 saturated heterocycles. The van der Waals surface area contributed by atoms with Gasteiger partial charge in [0.1, 0.15) is 11.5 Å². The number of carbonyl (C=O) groups is 1. The smallest absolute Gasteiger partial charge is 0.270 e. The molecule has 1 aromatic carbocycles. The molecule has 1 amide bonds. The van der Waals surface area contributed by atoms with Crippen LogP contribution in [0.2, 0.25) is 0 Å². The maximum atomic E-state index is 13.1. The minimum absolute atomic E-state index is 0.258. The third-order valence-corrected chi connectivity index (χ3v) is 2.99. The number of hydrogen-bond donors (Lipinski definition) is 2. The lowest BCUT2D eigenvalue weighted by Crippen LogP contribution is -2.23. The van der Waals surface area contributed by atoms with Gasteiger partial charge in [-0.25, -0.2) is 9.37 Å². The summed E-state index contributed by atoms with van der Waals surface area (Å²) >= 11 is 0. The Hall–Kier alpha value is -2.69. The molecular weight excluding hydrogens is 257 g/mol. The molecule has 0 atom stereocenters. The molecule has 20 heavy (non-hydrogen) atoms. The van der Waals surface area contributed by atoms with E-state index in [1.165, 1.54) is 12.1 Å². The first kappa shape index (κ1) is 12.3. The second-order valence-corrected chi connectivity index (χ2v) is 4.41. The van der Waals surface area contributed by atoms with Gasteiger partial charge in [-0.05, 0) is 36.4 Å². The van der Waals surface area contributed by atoms with E-state index < -0.39 is 0 Å². The fourth-order valence-electron chi connectivity index (χ4n) is 1.97. The first-order valence-electron chi connectivity index (χ1n) is 6.19. The number of amides is 1. The highest BCUT2D eigenvalue weighted by Gasteiger charge is 2.08. The molecule has 0 saturated carbocycles. The van der Waals surface area contributed by atoms with Crippen molar-refractivity contribution in [2.24, 2.45) is 0 Å². The number of carbonyl (C=O) groups excluding carboxylic acids is 1. The minimum Gasteiger partial charge on any atom is -0.364 e. The largest absolute Gasteiger partial charge is 0.364 e. The normalized spacial score (nSPS) is 10.7. The molecule has 2 heterocycles. The van der Waals surface area contributed by atoms with Crippen LogP contribution in [0.5, 0.6) is 0 Å². The van der Waals surface area contributed by atoms with Crippen molar-refractivity contribution >= 4 is 16.8 Å². The molecule has 0 unspecified atom stereocenters. The van der Waals surface area contributed by atoms with Gasteiger partial charge in [-0.1, -0.05) is 6.07 Å². The van der Waals surface area contributed by atoms with Crippen LogP contribution in [-0.4, -0.2) is 15.9 Å². The van der Waals surface area contributed by atoms with Gasteiger partial charge in [0.05, 0.1) is 12.1 Å². The number of hydrogen-bond acceptors (Lipinski definition) is 2. The van der Waals surface area contributed by atoms with Crippen LogP contribution in [0.25, 0.3) is 10.9 Å². The SMILES string of the molecule is O=C(NCc1ccc[nH]1)c1ccc2cc(F)ccc2n1. The third-order valence-electron chi connectivity index (χ3n) is 2.99. The first-order chi connectivity index (χ1) is 9.72. The van der Waals surface area contributed by atoms with Crippen molar-refractivity contribution < 1.29 is 9.18 Å². The maximum Gasteiger partial charge on any atom is 0.270 e. The number of aromatic nitrogens is 2. The minimum atomic E-state index is -0.316. The molecule has 0 spiro atoms. The third kappa shape index (κ3) is 2.51. The van der Waals surface area contributed by atoms with Gasteiger partial charge in [0, 0.05) is 17.3 Å². The van der Waals surface area contributed by atoms with Crippen molar-refractivity contribution in [2.45, 2.75) is 6.54 Å². The second-order valence-electron chi connectivity index (χ2n) is 4.41. The van der Waals surface area contributed by atoms with Crippen LogP contribution >= 0.6 is 0 Å². The van der Waals surface area contributed by atoms with Crippen molar-refractivity contribution in [1.29, 1.82) is 0 Å². The molecule has 0 aliphatic carbocycles. The van der Waals surface area contributed by atoms with E-state index >= 15 is 0 Å². The molecule has 100 valence electrons. The van der Waals surface area contributed by atoms with E-state index in [1.54, 1.807) is 24.4 Å². The molecule has 3 rings (SSSR count). The lowest BCUT2D eigenvalue weighted by molar-refractivity contribution is 0.0946. The van der Waals surface area contributed by atoms with E-state index in [9.17, 15) is 9.18 Å². The Bertz CT molecular complexity index is 753. The molecule has 0 aliphatic rings. The van der Waals surface area contributed by atoms with Crippen LogP contribution < -0.4 is 5.32 Å². The summed E-state index contributed by atoms with van der Waals surface area (Å²) in [6.45, 7) is 0.412. The van der Waals surface area contributed by atoms with Gasteiger partial charge < -0.3 is 10.3 Å². The Kier molecular flexibility index (Phi) is 3.16. The lowest BCUT2D eigenvalue weighted by atomic mass is 10.2. The van der Waals surface area contributed by atoms with Gasteiger partial charge >= 0.3 is 0 Å². The Labute approximate surface area is 114 Å². The number of H-pyrrole nitrogens is 1. The highest BCUT2D eigenvalue weighted by atomic mass is 19.1. The zero-order valence-electron chi connectivity index (χ0n) is 10.6. The number of aromatic amines is 1. The van der Waals surface area contributed by atoms with Gasteiger partial charge in [0.25, 0.3) is 5.91 Å². The van der Waals surface area contributed by atoms with Gasteiger partial charge in [-0.2, -0.15) is 0 Å². The van der Waals surface area contributed by atoms with Crippen LogP contribution in [0.15, 0.2) is 48.7 Å². The highest BCUT2D eigenvalue weighted by molar-refractivity contribution is 5.94. The molecular formula is C15H12FN3O. The molecule has 4 nitrogen and oxygen atoms in total. The fraction of sp³-hybridized carbons (Fsp3) is 0.0667. The van der Waals surface area contributed by atoms with Crippen LogP contribution in [0.3, 0.4) is 0 Å². The summed E-state index contributed by atoms with van der Waals surface area (Å²) in [5.41, 5.74) is 1.83. The highest BCUT2D eigenvalue weighted by Crippen LogP contribution is 2.14. The fourth-order valence-corrected chi connectivity index (χ4v) is 1.97. The quantitative estimate of drug-likeness (QED) is 0.768. The monoisotopic (exact) mass is 269 g/mol. The Balaban J connectivity index is 1.79. The second kappa shape index (κ2) is 5.13. The van der Waals surface area contributed by atoms with Crippen molar-refractivity contribution in [1.82, 2.24) is 15.3 Å². The van der Waals surface area contributed by atoms with E-state index in [4.69, 9.17) is 0 Å². The lowest BCUT2D eigenvalue weighted by Gasteiger charge is -2.04. The standard InChI is InChI=1S/C15H12FN3O/c16-11-4-6-13-10(8-11)3-5-14(19-13)15(20)18-9-12-2-1-7-17-12/h1-8,17H,9H2,(H,18,20). The molecule has 5 heteroatoms. The summed E-state index contributed by atoms with van der Waals surface area (Å²) < 4.78 is 13.1. The summed E-state index contributed by atoms with van der Waals surface area (Å²) in [6.07, 6.45) is 1.80. The number of pyridine rings is 1. The molecule has 0 radical (unpaired) electrons.